The van der Waals surface area contributed by atoms with Gasteiger partial charge < -0.3 is 10.2 Å². The Morgan fingerprint density at radius 2 is 1.06 bits per heavy atom. The van der Waals surface area contributed by atoms with Crippen molar-refractivity contribution in [3.8, 4) is 11.8 Å². The molecule has 0 heterocycles. The third-order valence-electron chi connectivity index (χ3n) is 3.59. The summed E-state index contributed by atoms with van der Waals surface area (Å²) in [6.07, 6.45) is 6.68. The van der Waals surface area contributed by atoms with Crippen molar-refractivity contribution in [3.63, 3.8) is 0 Å². The van der Waals surface area contributed by atoms with Crippen LogP contribution in [0.4, 0.5) is 0 Å². The predicted molar refractivity (Wildman–Crippen MR) is 77.3 cm³/mol. The van der Waals surface area contributed by atoms with E-state index >= 15 is 0 Å². The average Bonchev–Trinajstić information content (AvgIpc) is 2.40. The van der Waals surface area contributed by atoms with Crippen LogP contribution in [-0.2, 0) is 0 Å². The van der Waals surface area contributed by atoms with Gasteiger partial charge in [0.1, 0.15) is 11.2 Å². The van der Waals surface area contributed by atoms with Gasteiger partial charge in [0, 0.05) is 0 Å². The van der Waals surface area contributed by atoms with E-state index in [1.807, 2.05) is 13.8 Å². The van der Waals surface area contributed by atoms with Crippen molar-refractivity contribution in [2.24, 2.45) is 0 Å². The third kappa shape index (κ3) is 6.42. The summed E-state index contributed by atoms with van der Waals surface area (Å²) in [5.74, 6) is 5.87. The number of rotatable bonds is 8. The van der Waals surface area contributed by atoms with Crippen LogP contribution in [0.15, 0.2) is 0 Å². The molecule has 0 aliphatic heterocycles. The van der Waals surface area contributed by atoms with Crippen LogP contribution < -0.4 is 0 Å². The molecule has 0 amide bonds. The standard InChI is InChI=1S/C16H30O2/c1-5-9-11-15(17,7-3)13-14-16(18,8-4)12-10-6-2/h17-18H,5-12H2,1-4H3/t15-,16+. The Bertz CT molecular complexity index is 251. The molecule has 0 rings (SSSR count). The van der Waals surface area contributed by atoms with Crippen LogP contribution in [-0.4, -0.2) is 21.4 Å². The Balaban J connectivity index is 4.73. The third-order valence-corrected chi connectivity index (χ3v) is 3.59. The maximum Gasteiger partial charge on any atom is 0.125 e. The van der Waals surface area contributed by atoms with Crippen molar-refractivity contribution in [2.75, 3.05) is 0 Å². The van der Waals surface area contributed by atoms with E-state index < -0.39 is 11.2 Å². The Hall–Kier alpha value is -0.520. The maximum absolute atomic E-state index is 10.4. The minimum absolute atomic E-state index is 0.619. The lowest BCUT2D eigenvalue weighted by atomic mass is 9.90. The van der Waals surface area contributed by atoms with Crippen molar-refractivity contribution in [2.45, 2.75) is 90.3 Å². The van der Waals surface area contributed by atoms with Gasteiger partial charge in [0.05, 0.1) is 0 Å². The van der Waals surface area contributed by atoms with Crippen LogP contribution >= 0.6 is 0 Å². The smallest absolute Gasteiger partial charge is 0.125 e. The minimum atomic E-state index is -0.925. The number of hydrogen-bond donors (Lipinski definition) is 2. The summed E-state index contributed by atoms with van der Waals surface area (Å²) in [7, 11) is 0. The molecule has 0 aromatic rings. The van der Waals surface area contributed by atoms with Gasteiger partial charge in [-0.05, 0) is 38.5 Å². The lowest BCUT2D eigenvalue weighted by molar-refractivity contribution is 0.0734. The molecule has 0 spiro atoms. The highest BCUT2D eigenvalue weighted by Gasteiger charge is 2.25. The molecular weight excluding hydrogens is 224 g/mol. The first kappa shape index (κ1) is 17.5. The lowest BCUT2D eigenvalue weighted by Gasteiger charge is -2.23. The first-order valence-electron chi connectivity index (χ1n) is 7.44. The van der Waals surface area contributed by atoms with Crippen LogP contribution in [0, 0.1) is 11.8 Å². The van der Waals surface area contributed by atoms with Gasteiger partial charge in [-0.15, -0.1) is 0 Å². The Kier molecular flexibility index (Phi) is 8.31. The van der Waals surface area contributed by atoms with E-state index in [0.29, 0.717) is 25.7 Å². The van der Waals surface area contributed by atoms with Crippen molar-refractivity contribution >= 4 is 0 Å². The second-order valence-corrected chi connectivity index (χ2v) is 5.23. The fraction of sp³-hybridized carbons (Fsp3) is 0.875. The van der Waals surface area contributed by atoms with Gasteiger partial charge >= 0.3 is 0 Å². The molecule has 0 aromatic carbocycles. The van der Waals surface area contributed by atoms with E-state index in [-0.39, 0.29) is 0 Å². The molecule has 0 fully saturated rings. The molecule has 0 unspecified atom stereocenters. The quantitative estimate of drug-likeness (QED) is 0.649. The summed E-state index contributed by atoms with van der Waals surface area (Å²) in [5, 5.41) is 20.7. The second-order valence-electron chi connectivity index (χ2n) is 5.23. The first-order chi connectivity index (χ1) is 8.45. The van der Waals surface area contributed by atoms with E-state index in [9.17, 15) is 10.2 Å². The van der Waals surface area contributed by atoms with Crippen molar-refractivity contribution < 1.29 is 10.2 Å². The van der Waals surface area contributed by atoms with Crippen LogP contribution in [0.5, 0.6) is 0 Å². The van der Waals surface area contributed by atoms with Crippen LogP contribution in [0.25, 0.3) is 0 Å². The summed E-state index contributed by atoms with van der Waals surface area (Å²) in [6.45, 7) is 8.10. The average molecular weight is 254 g/mol. The van der Waals surface area contributed by atoms with Gasteiger partial charge in [0.2, 0.25) is 0 Å². The van der Waals surface area contributed by atoms with Gasteiger partial charge in [0.25, 0.3) is 0 Å². The molecule has 0 saturated carbocycles. The Labute approximate surface area is 113 Å². The predicted octanol–water partition coefficient (Wildman–Crippen LogP) is 3.65. The van der Waals surface area contributed by atoms with Gasteiger partial charge in [-0.25, -0.2) is 0 Å². The minimum Gasteiger partial charge on any atom is -0.378 e. The van der Waals surface area contributed by atoms with Gasteiger partial charge in [-0.2, -0.15) is 0 Å². The molecule has 2 nitrogen and oxygen atoms in total. The van der Waals surface area contributed by atoms with Gasteiger partial charge in [0.15, 0.2) is 0 Å². The summed E-state index contributed by atoms with van der Waals surface area (Å²) in [4.78, 5) is 0. The highest BCUT2D eigenvalue weighted by Crippen LogP contribution is 2.21. The maximum atomic E-state index is 10.4. The van der Waals surface area contributed by atoms with Crippen molar-refractivity contribution in [1.29, 1.82) is 0 Å². The molecular formula is C16H30O2. The number of unbranched alkanes of at least 4 members (excludes halogenated alkanes) is 2. The molecule has 2 heteroatoms. The van der Waals surface area contributed by atoms with Gasteiger partial charge in [-0.3, -0.25) is 0 Å². The highest BCUT2D eigenvalue weighted by molar-refractivity contribution is 5.20. The molecule has 0 bridgehead atoms. The number of aliphatic hydroxyl groups is 2. The molecule has 0 radical (unpaired) electrons. The zero-order valence-corrected chi connectivity index (χ0v) is 12.6. The lowest BCUT2D eigenvalue weighted by Crippen LogP contribution is -2.29. The van der Waals surface area contributed by atoms with Crippen molar-refractivity contribution in [3.05, 3.63) is 0 Å². The van der Waals surface area contributed by atoms with Crippen molar-refractivity contribution in [1.82, 2.24) is 0 Å². The molecule has 2 atom stereocenters. The van der Waals surface area contributed by atoms with E-state index in [0.717, 1.165) is 25.7 Å². The molecule has 106 valence electrons. The SMILES string of the molecule is CCCC[C@@](O)(C#C[C@](O)(CC)CCCC)CC. The fourth-order valence-electron chi connectivity index (χ4n) is 1.83. The fourth-order valence-corrected chi connectivity index (χ4v) is 1.83. The zero-order valence-electron chi connectivity index (χ0n) is 12.6. The molecule has 2 N–H and O–H groups in total. The molecule has 0 aliphatic rings. The Morgan fingerprint density at radius 1 is 0.722 bits per heavy atom. The van der Waals surface area contributed by atoms with Crippen LogP contribution in [0.3, 0.4) is 0 Å². The first-order valence-corrected chi connectivity index (χ1v) is 7.44. The highest BCUT2D eigenvalue weighted by atomic mass is 16.3. The monoisotopic (exact) mass is 254 g/mol. The summed E-state index contributed by atoms with van der Waals surface area (Å²) >= 11 is 0. The normalized spacial score (nSPS) is 17.4. The molecule has 0 saturated heterocycles. The summed E-state index contributed by atoms with van der Waals surface area (Å²) < 4.78 is 0. The largest absolute Gasteiger partial charge is 0.378 e. The zero-order chi connectivity index (χ0) is 14.1. The topological polar surface area (TPSA) is 40.5 Å². The van der Waals surface area contributed by atoms with Crippen LogP contribution in [0.2, 0.25) is 0 Å². The summed E-state index contributed by atoms with van der Waals surface area (Å²) in [5.41, 5.74) is -1.85. The van der Waals surface area contributed by atoms with E-state index in [2.05, 4.69) is 25.7 Å². The molecule has 0 aliphatic carbocycles. The van der Waals surface area contributed by atoms with Crippen LogP contribution in [0.1, 0.15) is 79.1 Å². The number of hydrogen-bond acceptors (Lipinski definition) is 2. The second kappa shape index (κ2) is 8.56. The molecule has 0 aromatic heterocycles. The van der Waals surface area contributed by atoms with E-state index in [1.165, 1.54) is 0 Å². The molecule has 18 heavy (non-hydrogen) atoms. The summed E-state index contributed by atoms with van der Waals surface area (Å²) in [6, 6.07) is 0. The Morgan fingerprint density at radius 3 is 1.28 bits per heavy atom. The van der Waals surface area contributed by atoms with Gasteiger partial charge in [-0.1, -0.05) is 52.4 Å². The van der Waals surface area contributed by atoms with E-state index in [4.69, 9.17) is 0 Å². The van der Waals surface area contributed by atoms with E-state index in [1.54, 1.807) is 0 Å².